The first-order chi connectivity index (χ1) is 10.5. The largest absolute Gasteiger partial charge is 0.309 e. The van der Waals surface area contributed by atoms with Gasteiger partial charge in [0.1, 0.15) is 5.15 Å². The van der Waals surface area contributed by atoms with E-state index in [4.69, 9.17) is 23.2 Å². The van der Waals surface area contributed by atoms with Gasteiger partial charge < -0.3 is 4.90 Å². The fraction of sp³-hybridized carbons (Fsp3) is 0.294. The molecule has 1 aliphatic heterocycles. The maximum absolute atomic E-state index is 12.8. The topological polar surface area (TPSA) is 33.2 Å². The molecule has 22 heavy (non-hydrogen) atoms. The van der Waals surface area contributed by atoms with Crippen molar-refractivity contribution in [2.45, 2.75) is 32.7 Å². The summed E-state index contributed by atoms with van der Waals surface area (Å²) in [7, 11) is 0. The molecule has 1 atom stereocenters. The molecular weight excluding hydrogens is 319 g/mol. The minimum Gasteiger partial charge on any atom is -0.309 e. The van der Waals surface area contributed by atoms with Crippen molar-refractivity contribution >= 4 is 34.8 Å². The second kappa shape index (κ2) is 5.90. The summed E-state index contributed by atoms with van der Waals surface area (Å²) in [6, 6.07) is 9.86. The molecule has 2 heterocycles. The van der Waals surface area contributed by atoms with Gasteiger partial charge in [-0.3, -0.25) is 4.79 Å². The molecule has 0 saturated carbocycles. The van der Waals surface area contributed by atoms with Gasteiger partial charge in [0.2, 0.25) is 5.91 Å². The van der Waals surface area contributed by atoms with Crippen LogP contribution in [0.4, 0.5) is 5.69 Å². The van der Waals surface area contributed by atoms with E-state index >= 15 is 0 Å². The number of aromatic nitrogens is 1. The summed E-state index contributed by atoms with van der Waals surface area (Å²) < 4.78 is 0. The standard InChI is InChI=1S/C17H16Cl2N2O/c1-10-7-14(18)13(17(19)20-10)9-16(22)21-11(2)8-12-5-3-4-6-15(12)21/h3-7,11H,8-9H2,1-2H3/t11-/m1/s1. The number of pyridine rings is 1. The lowest BCUT2D eigenvalue weighted by atomic mass is 10.1. The number of aryl methyl sites for hydroxylation is 1. The number of fused-ring (bicyclic) bond motifs is 1. The van der Waals surface area contributed by atoms with Gasteiger partial charge in [-0.15, -0.1) is 0 Å². The average molecular weight is 335 g/mol. The van der Waals surface area contributed by atoms with E-state index in [2.05, 4.69) is 18.0 Å². The molecule has 3 nitrogen and oxygen atoms in total. The van der Waals surface area contributed by atoms with E-state index in [9.17, 15) is 4.79 Å². The minimum atomic E-state index is -0.00750. The summed E-state index contributed by atoms with van der Waals surface area (Å²) in [5, 5.41) is 0.796. The Morgan fingerprint density at radius 1 is 1.36 bits per heavy atom. The minimum absolute atomic E-state index is 0.00750. The number of rotatable bonds is 2. The van der Waals surface area contributed by atoms with Crippen LogP contribution in [0.15, 0.2) is 30.3 Å². The Hall–Kier alpha value is -1.58. The van der Waals surface area contributed by atoms with Crippen molar-refractivity contribution in [1.29, 1.82) is 0 Å². The zero-order chi connectivity index (χ0) is 15.9. The summed E-state index contributed by atoms with van der Waals surface area (Å²) in [4.78, 5) is 18.8. The molecular formula is C17H16Cl2N2O. The van der Waals surface area contributed by atoms with Gasteiger partial charge >= 0.3 is 0 Å². The number of halogens is 2. The van der Waals surface area contributed by atoms with Gasteiger partial charge in [0, 0.05) is 28.0 Å². The van der Waals surface area contributed by atoms with Crippen molar-refractivity contribution < 1.29 is 4.79 Å². The Morgan fingerprint density at radius 2 is 2.09 bits per heavy atom. The summed E-state index contributed by atoms with van der Waals surface area (Å²) in [5.41, 5.74) is 3.51. The molecule has 1 aliphatic rings. The van der Waals surface area contributed by atoms with Crippen LogP contribution in [0.5, 0.6) is 0 Å². The van der Waals surface area contributed by atoms with Crippen LogP contribution < -0.4 is 4.90 Å². The molecule has 0 unspecified atom stereocenters. The Balaban J connectivity index is 1.90. The molecule has 0 saturated heterocycles. The van der Waals surface area contributed by atoms with Gasteiger partial charge in [-0.2, -0.15) is 0 Å². The van der Waals surface area contributed by atoms with Crippen LogP contribution in [0.25, 0.3) is 0 Å². The normalized spacial score (nSPS) is 16.7. The Labute approximate surface area is 139 Å². The van der Waals surface area contributed by atoms with E-state index in [0.29, 0.717) is 15.7 Å². The zero-order valence-corrected chi connectivity index (χ0v) is 13.9. The highest BCUT2D eigenvalue weighted by Crippen LogP contribution is 2.33. The van der Waals surface area contributed by atoms with Gasteiger partial charge in [-0.1, -0.05) is 41.4 Å². The van der Waals surface area contributed by atoms with E-state index < -0.39 is 0 Å². The number of hydrogen-bond acceptors (Lipinski definition) is 2. The zero-order valence-electron chi connectivity index (χ0n) is 12.4. The van der Waals surface area contributed by atoms with Gasteiger partial charge in [0.25, 0.3) is 0 Å². The molecule has 1 amide bonds. The molecule has 0 spiro atoms. The van der Waals surface area contributed by atoms with Crippen LogP contribution in [0, 0.1) is 6.92 Å². The first-order valence-corrected chi connectivity index (χ1v) is 7.94. The van der Waals surface area contributed by atoms with Crippen molar-refractivity contribution in [3.8, 4) is 0 Å². The van der Waals surface area contributed by atoms with Crippen LogP contribution in [-0.4, -0.2) is 16.9 Å². The quantitative estimate of drug-likeness (QED) is 0.770. The van der Waals surface area contributed by atoms with Crippen LogP contribution in [0.1, 0.15) is 23.7 Å². The second-order valence-electron chi connectivity index (χ2n) is 5.64. The fourth-order valence-electron chi connectivity index (χ4n) is 2.96. The summed E-state index contributed by atoms with van der Waals surface area (Å²) >= 11 is 12.4. The summed E-state index contributed by atoms with van der Waals surface area (Å²) in [6.45, 7) is 3.87. The number of amides is 1. The average Bonchev–Trinajstić information content (AvgIpc) is 2.78. The van der Waals surface area contributed by atoms with E-state index in [-0.39, 0.29) is 18.4 Å². The van der Waals surface area contributed by atoms with E-state index in [1.807, 2.05) is 30.0 Å². The lowest BCUT2D eigenvalue weighted by Gasteiger charge is -2.23. The summed E-state index contributed by atoms with van der Waals surface area (Å²) in [5.74, 6) is -0.00750. The van der Waals surface area contributed by atoms with E-state index in [0.717, 1.165) is 17.8 Å². The van der Waals surface area contributed by atoms with Crippen LogP contribution in [0.3, 0.4) is 0 Å². The van der Waals surface area contributed by atoms with Gasteiger partial charge in [0.15, 0.2) is 0 Å². The van der Waals surface area contributed by atoms with Crippen molar-refractivity contribution in [1.82, 2.24) is 4.98 Å². The van der Waals surface area contributed by atoms with Gasteiger partial charge in [-0.05, 0) is 38.0 Å². The third-order valence-electron chi connectivity index (χ3n) is 3.95. The van der Waals surface area contributed by atoms with Gasteiger partial charge in [-0.25, -0.2) is 4.98 Å². The Morgan fingerprint density at radius 3 is 2.82 bits per heavy atom. The third-order valence-corrected chi connectivity index (χ3v) is 4.60. The van der Waals surface area contributed by atoms with Crippen LogP contribution in [-0.2, 0) is 17.6 Å². The van der Waals surface area contributed by atoms with E-state index in [1.165, 1.54) is 5.56 Å². The Kier molecular flexibility index (Phi) is 4.11. The van der Waals surface area contributed by atoms with Crippen molar-refractivity contribution in [3.63, 3.8) is 0 Å². The third kappa shape index (κ3) is 2.71. The summed E-state index contributed by atoms with van der Waals surface area (Å²) in [6.07, 6.45) is 1.03. The van der Waals surface area contributed by atoms with Crippen LogP contribution in [0.2, 0.25) is 10.2 Å². The number of carbonyl (C=O) groups excluding carboxylic acids is 1. The van der Waals surface area contributed by atoms with Gasteiger partial charge in [0.05, 0.1) is 6.42 Å². The second-order valence-corrected chi connectivity index (χ2v) is 6.40. The lowest BCUT2D eigenvalue weighted by Crippen LogP contribution is -2.37. The first kappa shape index (κ1) is 15.3. The molecule has 1 aromatic carbocycles. The number of hydrogen-bond donors (Lipinski definition) is 0. The van der Waals surface area contributed by atoms with Crippen molar-refractivity contribution in [2.24, 2.45) is 0 Å². The molecule has 0 fully saturated rings. The highest BCUT2D eigenvalue weighted by molar-refractivity contribution is 6.35. The van der Waals surface area contributed by atoms with Crippen molar-refractivity contribution in [2.75, 3.05) is 4.90 Å². The predicted molar refractivity (Wildman–Crippen MR) is 89.8 cm³/mol. The number of carbonyl (C=O) groups is 1. The lowest BCUT2D eigenvalue weighted by molar-refractivity contribution is -0.118. The number of benzene rings is 1. The Bertz CT molecular complexity index is 722. The monoisotopic (exact) mass is 334 g/mol. The predicted octanol–water partition coefficient (Wildman–Crippen LogP) is 4.22. The number of para-hydroxylation sites is 1. The molecule has 0 radical (unpaired) electrons. The molecule has 2 aromatic rings. The highest BCUT2D eigenvalue weighted by atomic mass is 35.5. The van der Waals surface area contributed by atoms with Crippen LogP contribution >= 0.6 is 23.2 Å². The molecule has 0 N–H and O–H groups in total. The molecule has 114 valence electrons. The molecule has 5 heteroatoms. The van der Waals surface area contributed by atoms with Crippen molar-refractivity contribution in [3.05, 3.63) is 57.3 Å². The SMILES string of the molecule is Cc1cc(Cl)c(CC(=O)N2c3ccccc3C[C@H]2C)c(Cl)n1. The first-order valence-electron chi connectivity index (χ1n) is 7.19. The maximum Gasteiger partial charge on any atom is 0.231 e. The molecule has 0 bridgehead atoms. The number of anilines is 1. The highest BCUT2D eigenvalue weighted by Gasteiger charge is 2.31. The molecule has 0 aliphatic carbocycles. The maximum atomic E-state index is 12.8. The smallest absolute Gasteiger partial charge is 0.231 e. The molecule has 1 aromatic heterocycles. The number of nitrogens with zero attached hydrogens (tertiary/aromatic N) is 2. The van der Waals surface area contributed by atoms with E-state index in [1.54, 1.807) is 6.07 Å². The molecule has 3 rings (SSSR count). The fourth-order valence-corrected chi connectivity index (χ4v) is 3.63.